The maximum atomic E-state index is 12.2. The molecule has 0 saturated carbocycles. The molecule has 2 aromatic carbocycles. The summed E-state index contributed by atoms with van der Waals surface area (Å²) in [5.74, 6) is -0.473. The van der Waals surface area contributed by atoms with Crippen LogP contribution in [0, 0.1) is 0 Å². The van der Waals surface area contributed by atoms with Crippen molar-refractivity contribution in [1.82, 2.24) is 0 Å². The van der Waals surface area contributed by atoms with Gasteiger partial charge in [-0.2, -0.15) is 0 Å². The Balaban J connectivity index is 1.64. The Morgan fingerprint density at radius 3 is 2.26 bits per heavy atom. The van der Waals surface area contributed by atoms with E-state index in [9.17, 15) is 30.0 Å². The molecule has 1 fully saturated rings. The van der Waals surface area contributed by atoms with Gasteiger partial charge in [-0.3, -0.25) is 4.79 Å². The van der Waals surface area contributed by atoms with Crippen LogP contribution < -0.4 is 4.74 Å². The van der Waals surface area contributed by atoms with Gasteiger partial charge in [0.1, 0.15) is 36.1 Å². The van der Waals surface area contributed by atoms with Gasteiger partial charge in [0.15, 0.2) is 6.10 Å². The number of esters is 1. The van der Waals surface area contributed by atoms with Crippen LogP contribution in [0.2, 0.25) is 0 Å². The van der Waals surface area contributed by atoms with Crippen LogP contribution in [0.5, 0.6) is 11.5 Å². The molecule has 3 rings (SSSR count). The van der Waals surface area contributed by atoms with Crippen molar-refractivity contribution in [2.45, 2.75) is 30.7 Å². The first kappa shape index (κ1) is 22.4. The van der Waals surface area contributed by atoms with Crippen molar-refractivity contribution in [2.75, 3.05) is 6.61 Å². The van der Waals surface area contributed by atoms with Gasteiger partial charge in [0.2, 0.25) is 6.29 Å². The average Bonchev–Trinajstić information content (AvgIpc) is 2.79. The number of hydrogen-bond acceptors (Lipinski definition) is 9. The lowest BCUT2D eigenvalue weighted by molar-refractivity contribution is -0.280. The van der Waals surface area contributed by atoms with E-state index < -0.39 is 43.3 Å². The summed E-state index contributed by atoms with van der Waals surface area (Å²) >= 11 is 0. The zero-order valence-electron chi connectivity index (χ0n) is 16.3. The van der Waals surface area contributed by atoms with E-state index >= 15 is 0 Å². The van der Waals surface area contributed by atoms with E-state index in [0.29, 0.717) is 17.4 Å². The highest BCUT2D eigenvalue weighted by Gasteiger charge is 2.47. The molecule has 9 heteroatoms. The molecule has 5 unspecified atom stereocenters. The van der Waals surface area contributed by atoms with Crippen LogP contribution in [0.3, 0.4) is 0 Å². The van der Waals surface area contributed by atoms with Crippen LogP contribution in [0.4, 0.5) is 0 Å². The molecule has 1 aliphatic heterocycles. The smallest absolute Gasteiger partial charge is 0.331 e. The zero-order chi connectivity index (χ0) is 22.4. The fraction of sp³-hybridized carbons (Fsp3) is 0.273. The Labute approximate surface area is 177 Å². The van der Waals surface area contributed by atoms with Gasteiger partial charge < -0.3 is 34.6 Å². The molecular formula is C22H22O9. The topological polar surface area (TPSA) is 143 Å². The van der Waals surface area contributed by atoms with Crippen molar-refractivity contribution < 1.29 is 44.2 Å². The fourth-order valence-corrected chi connectivity index (χ4v) is 2.98. The number of aliphatic hydroxyl groups excluding tert-OH is 3. The van der Waals surface area contributed by atoms with Crippen LogP contribution in [0.15, 0.2) is 54.6 Å². The summed E-state index contributed by atoms with van der Waals surface area (Å²) < 4.78 is 16.2. The minimum Gasteiger partial charge on any atom is -0.508 e. The van der Waals surface area contributed by atoms with Crippen molar-refractivity contribution in [3.8, 4) is 11.5 Å². The quantitative estimate of drug-likeness (QED) is 0.283. The first-order valence-corrected chi connectivity index (χ1v) is 9.43. The fourth-order valence-electron chi connectivity index (χ4n) is 2.98. The number of rotatable bonds is 7. The molecule has 31 heavy (non-hydrogen) atoms. The number of carbonyl (C=O) groups is 2. The Morgan fingerprint density at radius 1 is 1.00 bits per heavy atom. The molecule has 0 aliphatic carbocycles. The number of phenolic OH excluding ortho intramolecular Hbond substituents is 1. The first-order valence-electron chi connectivity index (χ1n) is 9.43. The van der Waals surface area contributed by atoms with Crippen LogP contribution in [0.1, 0.15) is 15.9 Å². The lowest BCUT2D eigenvalue weighted by Crippen LogP contribution is -2.61. The predicted octanol–water partition coefficient (Wildman–Crippen LogP) is 0.648. The summed E-state index contributed by atoms with van der Waals surface area (Å²) in [6.07, 6.45) is -3.77. The molecule has 0 radical (unpaired) electrons. The number of carbonyl (C=O) groups excluding carboxylic acids is 2. The van der Waals surface area contributed by atoms with Crippen LogP contribution in [0.25, 0.3) is 6.08 Å². The number of aliphatic hydroxyl groups is 3. The van der Waals surface area contributed by atoms with E-state index in [4.69, 9.17) is 14.2 Å². The molecule has 2 aromatic rings. The van der Waals surface area contributed by atoms with E-state index in [1.807, 2.05) is 0 Å². The van der Waals surface area contributed by atoms with Gasteiger partial charge in [-0.15, -0.1) is 0 Å². The van der Waals surface area contributed by atoms with Crippen LogP contribution in [-0.4, -0.2) is 70.0 Å². The van der Waals surface area contributed by atoms with Crippen molar-refractivity contribution in [3.63, 3.8) is 0 Å². The van der Waals surface area contributed by atoms with Gasteiger partial charge in [-0.25, -0.2) is 4.79 Å². The number of ether oxygens (including phenoxy) is 3. The maximum absolute atomic E-state index is 12.2. The highest BCUT2D eigenvalue weighted by atomic mass is 16.7. The van der Waals surface area contributed by atoms with E-state index in [0.717, 1.165) is 6.08 Å². The third kappa shape index (κ3) is 5.68. The summed E-state index contributed by atoms with van der Waals surface area (Å²) in [6.45, 7) is -0.604. The molecule has 0 aromatic heterocycles. The Hall–Kier alpha value is -3.24. The molecule has 0 spiro atoms. The largest absolute Gasteiger partial charge is 0.508 e. The molecule has 164 valence electrons. The summed E-state index contributed by atoms with van der Waals surface area (Å²) in [5.41, 5.74) is 1.06. The van der Waals surface area contributed by atoms with Crippen molar-refractivity contribution in [3.05, 3.63) is 65.7 Å². The minimum atomic E-state index is -1.59. The summed E-state index contributed by atoms with van der Waals surface area (Å²) in [7, 11) is 0. The lowest BCUT2D eigenvalue weighted by atomic mass is 9.99. The molecule has 4 N–H and O–H groups in total. The van der Waals surface area contributed by atoms with E-state index in [1.165, 1.54) is 42.5 Å². The second kappa shape index (κ2) is 10.2. The molecule has 0 bridgehead atoms. The number of benzene rings is 2. The average molecular weight is 430 g/mol. The van der Waals surface area contributed by atoms with Gasteiger partial charge in [0.05, 0.1) is 6.61 Å². The number of aromatic hydroxyl groups is 1. The van der Waals surface area contributed by atoms with Crippen molar-refractivity contribution in [2.24, 2.45) is 0 Å². The van der Waals surface area contributed by atoms with E-state index in [2.05, 4.69) is 0 Å². The standard InChI is InChI=1S/C22H22O9/c23-11-14-3-8-16(9-4-14)29-22-20(28)19(27)21(17(12-24)30-22)31-18(26)10-5-13-1-6-15(25)7-2-13/h1-11,17,19-22,24-25,27-28H,12H2. The van der Waals surface area contributed by atoms with E-state index in [-0.39, 0.29) is 11.5 Å². The van der Waals surface area contributed by atoms with Gasteiger partial charge >= 0.3 is 5.97 Å². The van der Waals surface area contributed by atoms with Gasteiger partial charge in [0, 0.05) is 11.6 Å². The van der Waals surface area contributed by atoms with Crippen molar-refractivity contribution >= 4 is 18.3 Å². The third-order valence-electron chi connectivity index (χ3n) is 4.65. The highest BCUT2D eigenvalue weighted by molar-refractivity contribution is 5.87. The van der Waals surface area contributed by atoms with Crippen molar-refractivity contribution in [1.29, 1.82) is 0 Å². The predicted molar refractivity (Wildman–Crippen MR) is 107 cm³/mol. The molecule has 9 nitrogen and oxygen atoms in total. The summed E-state index contributed by atoms with van der Waals surface area (Å²) in [4.78, 5) is 22.9. The number of aldehydes is 1. The van der Waals surface area contributed by atoms with Crippen LogP contribution in [-0.2, 0) is 14.3 Å². The number of hydrogen-bond donors (Lipinski definition) is 4. The second-order valence-corrected chi connectivity index (χ2v) is 6.84. The molecular weight excluding hydrogens is 408 g/mol. The lowest BCUT2D eigenvalue weighted by Gasteiger charge is -2.41. The zero-order valence-corrected chi connectivity index (χ0v) is 16.3. The minimum absolute atomic E-state index is 0.0819. The van der Waals surface area contributed by atoms with Crippen LogP contribution >= 0.6 is 0 Å². The molecule has 0 amide bonds. The Morgan fingerprint density at radius 2 is 1.65 bits per heavy atom. The summed E-state index contributed by atoms with van der Waals surface area (Å²) in [6, 6.07) is 12.1. The second-order valence-electron chi connectivity index (χ2n) is 6.84. The SMILES string of the molecule is O=Cc1ccc(OC2OC(CO)C(OC(=O)C=Cc3ccc(O)cc3)C(O)C2O)cc1. The Kier molecular flexibility index (Phi) is 7.37. The maximum Gasteiger partial charge on any atom is 0.331 e. The highest BCUT2D eigenvalue weighted by Crippen LogP contribution is 2.26. The molecule has 5 atom stereocenters. The number of phenols is 1. The Bertz CT molecular complexity index is 906. The monoisotopic (exact) mass is 430 g/mol. The van der Waals surface area contributed by atoms with Gasteiger partial charge in [0.25, 0.3) is 0 Å². The molecule has 1 aliphatic rings. The molecule has 1 saturated heterocycles. The molecule has 1 heterocycles. The van der Waals surface area contributed by atoms with Gasteiger partial charge in [-0.05, 0) is 48.0 Å². The van der Waals surface area contributed by atoms with Gasteiger partial charge in [-0.1, -0.05) is 12.1 Å². The summed E-state index contributed by atoms with van der Waals surface area (Å²) in [5, 5.41) is 39.7. The first-order chi connectivity index (χ1) is 14.9. The third-order valence-corrected chi connectivity index (χ3v) is 4.65. The normalized spacial score (nSPS) is 25.8. The van der Waals surface area contributed by atoms with E-state index in [1.54, 1.807) is 12.1 Å².